The summed E-state index contributed by atoms with van der Waals surface area (Å²) in [5, 5.41) is 8.77. The number of carbonyl (C=O) groups excluding carboxylic acids is 1. The number of aliphatic hydroxyl groups excluding tert-OH is 1. The normalized spacial score (nSPS) is 23.5. The largest absolute Gasteiger partial charge is 0.447 e. The molecule has 0 aromatic carbocycles. The van der Waals surface area contributed by atoms with Gasteiger partial charge < -0.3 is 9.84 Å². The van der Waals surface area contributed by atoms with Crippen LogP contribution in [0.1, 0.15) is 0 Å². The highest BCUT2D eigenvalue weighted by Crippen LogP contribution is 2.10. The van der Waals surface area contributed by atoms with Gasteiger partial charge in [0.1, 0.15) is 6.61 Å². The summed E-state index contributed by atoms with van der Waals surface area (Å²) in [6.07, 6.45) is 1.24. The first-order valence-electron chi connectivity index (χ1n) is 3.44. The molecule has 1 aliphatic rings. The molecule has 0 aromatic rings. The summed E-state index contributed by atoms with van der Waals surface area (Å²) >= 11 is 0. The van der Waals surface area contributed by atoms with Gasteiger partial charge in [-0.1, -0.05) is 6.08 Å². The number of nitrogens with zero attached hydrogens (tertiary/aromatic N) is 1. The topological polar surface area (TPSA) is 49.8 Å². The molecule has 11 heavy (non-hydrogen) atoms. The average Bonchev–Trinajstić information content (AvgIpc) is 2.34. The minimum atomic E-state index is -0.371. The molecule has 1 saturated heterocycles. The zero-order chi connectivity index (χ0) is 8.27. The maximum atomic E-state index is 10.9. The van der Waals surface area contributed by atoms with Gasteiger partial charge in [-0.15, -0.1) is 6.58 Å². The molecule has 1 N–H and O–H groups in total. The van der Waals surface area contributed by atoms with Crippen molar-refractivity contribution in [2.24, 2.45) is 0 Å². The van der Waals surface area contributed by atoms with Crippen molar-refractivity contribution in [3.63, 3.8) is 0 Å². The van der Waals surface area contributed by atoms with E-state index in [1.807, 2.05) is 0 Å². The van der Waals surface area contributed by atoms with Gasteiger partial charge in [0.25, 0.3) is 0 Å². The van der Waals surface area contributed by atoms with Crippen LogP contribution in [-0.2, 0) is 4.74 Å². The Balaban J connectivity index is 2.55. The lowest BCUT2D eigenvalue weighted by Crippen LogP contribution is -2.35. The Morgan fingerprint density at radius 2 is 2.64 bits per heavy atom. The maximum Gasteiger partial charge on any atom is 0.410 e. The van der Waals surface area contributed by atoms with E-state index >= 15 is 0 Å². The highest BCUT2D eigenvalue weighted by atomic mass is 16.6. The van der Waals surface area contributed by atoms with Crippen LogP contribution in [0.25, 0.3) is 0 Å². The van der Waals surface area contributed by atoms with Gasteiger partial charge in [0.05, 0.1) is 12.6 Å². The number of ether oxygens (including phenoxy) is 1. The predicted molar refractivity (Wildman–Crippen MR) is 39.1 cm³/mol. The lowest BCUT2D eigenvalue weighted by molar-refractivity contribution is 0.158. The van der Waals surface area contributed by atoms with Crippen LogP contribution in [0.15, 0.2) is 12.7 Å². The molecule has 1 amide bonds. The zero-order valence-corrected chi connectivity index (χ0v) is 6.19. The van der Waals surface area contributed by atoms with Crippen LogP contribution in [0.4, 0.5) is 4.79 Å². The van der Waals surface area contributed by atoms with Crippen molar-refractivity contribution in [1.82, 2.24) is 4.90 Å². The molecule has 1 rings (SSSR count). The van der Waals surface area contributed by atoms with Crippen LogP contribution in [0.5, 0.6) is 0 Å². The molecule has 0 bridgehead atoms. The fourth-order valence-electron chi connectivity index (χ4n) is 1.00. The van der Waals surface area contributed by atoms with Crippen LogP contribution < -0.4 is 0 Å². The van der Waals surface area contributed by atoms with Gasteiger partial charge in [0.2, 0.25) is 0 Å². The van der Waals surface area contributed by atoms with Gasteiger partial charge >= 0.3 is 6.09 Å². The van der Waals surface area contributed by atoms with Gasteiger partial charge in [0.15, 0.2) is 0 Å². The second-order valence-electron chi connectivity index (χ2n) is 2.35. The van der Waals surface area contributed by atoms with Gasteiger partial charge in [0, 0.05) is 6.54 Å². The molecular formula is C7H11NO3. The molecule has 62 valence electrons. The fraction of sp³-hybridized carbons (Fsp3) is 0.571. The van der Waals surface area contributed by atoms with E-state index in [0.29, 0.717) is 6.54 Å². The number of cyclic esters (lactones) is 1. The van der Waals surface area contributed by atoms with Crippen molar-refractivity contribution in [2.75, 3.05) is 19.8 Å². The number of hydrogen-bond acceptors (Lipinski definition) is 3. The number of amides is 1. The van der Waals surface area contributed by atoms with Crippen LogP contribution in [0.3, 0.4) is 0 Å². The van der Waals surface area contributed by atoms with E-state index in [0.717, 1.165) is 0 Å². The van der Waals surface area contributed by atoms with Crippen molar-refractivity contribution in [2.45, 2.75) is 6.04 Å². The van der Waals surface area contributed by atoms with Crippen LogP contribution >= 0.6 is 0 Å². The molecule has 1 atom stereocenters. The number of carbonyl (C=O) groups is 1. The van der Waals surface area contributed by atoms with Gasteiger partial charge in [-0.3, -0.25) is 4.90 Å². The van der Waals surface area contributed by atoms with Crippen molar-refractivity contribution >= 4 is 6.09 Å². The Bertz CT molecular complexity index is 169. The van der Waals surface area contributed by atoms with E-state index in [4.69, 9.17) is 9.84 Å². The fourth-order valence-corrected chi connectivity index (χ4v) is 1.00. The first-order valence-corrected chi connectivity index (χ1v) is 3.44. The molecule has 0 radical (unpaired) electrons. The zero-order valence-electron chi connectivity index (χ0n) is 6.19. The molecule has 0 aliphatic carbocycles. The quantitative estimate of drug-likeness (QED) is 0.586. The number of aliphatic hydroxyl groups is 1. The Hall–Kier alpha value is -1.03. The van der Waals surface area contributed by atoms with E-state index in [-0.39, 0.29) is 25.3 Å². The Kier molecular flexibility index (Phi) is 2.48. The lowest BCUT2D eigenvalue weighted by atomic mass is 10.3. The Morgan fingerprint density at radius 1 is 1.91 bits per heavy atom. The Labute approximate surface area is 65.1 Å². The summed E-state index contributed by atoms with van der Waals surface area (Å²) in [5.74, 6) is 0. The van der Waals surface area contributed by atoms with Crippen LogP contribution in [-0.4, -0.2) is 41.9 Å². The van der Waals surface area contributed by atoms with Crippen LogP contribution in [0.2, 0.25) is 0 Å². The molecule has 0 saturated carbocycles. The monoisotopic (exact) mass is 157 g/mol. The molecule has 4 heteroatoms. The first kappa shape index (κ1) is 8.07. The van der Waals surface area contributed by atoms with Crippen LogP contribution in [0, 0.1) is 0 Å². The first-order chi connectivity index (χ1) is 5.29. The molecule has 1 aliphatic heterocycles. The van der Waals surface area contributed by atoms with Gasteiger partial charge in [-0.25, -0.2) is 4.79 Å². The summed E-state index contributed by atoms with van der Waals surface area (Å²) in [6.45, 7) is 4.16. The minimum absolute atomic E-state index is 0.0560. The molecule has 0 unspecified atom stereocenters. The van der Waals surface area contributed by atoms with E-state index in [1.165, 1.54) is 4.90 Å². The van der Waals surface area contributed by atoms with E-state index in [2.05, 4.69) is 6.58 Å². The third-order valence-electron chi connectivity index (χ3n) is 1.61. The predicted octanol–water partition coefficient (Wildman–Crippen LogP) is -0.0145. The Morgan fingerprint density at radius 3 is 3.18 bits per heavy atom. The molecule has 0 aromatic heterocycles. The molecule has 1 heterocycles. The van der Waals surface area contributed by atoms with E-state index < -0.39 is 0 Å². The standard InChI is InChI=1S/C7H11NO3/c1-2-3-8-6(4-9)5-11-7(8)10/h2,6,9H,1,3-5H2/t6-/m1/s1. The van der Waals surface area contributed by atoms with Crippen molar-refractivity contribution in [1.29, 1.82) is 0 Å². The maximum absolute atomic E-state index is 10.9. The third-order valence-corrected chi connectivity index (χ3v) is 1.61. The molecule has 1 fully saturated rings. The van der Waals surface area contributed by atoms with Crippen molar-refractivity contribution in [3.8, 4) is 0 Å². The average molecular weight is 157 g/mol. The molecule has 4 nitrogen and oxygen atoms in total. The minimum Gasteiger partial charge on any atom is -0.447 e. The number of rotatable bonds is 3. The van der Waals surface area contributed by atoms with Gasteiger partial charge in [-0.2, -0.15) is 0 Å². The van der Waals surface area contributed by atoms with Crippen molar-refractivity contribution < 1.29 is 14.6 Å². The second kappa shape index (κ2) is 3.39. The number of hydrogen-bond donors (Lipinski definition) is 1. The summed E-state index contributed by atoms with van der Waals surface area (Å²) in [7, 11) is 0. The summed E-state index contributed by atoms with van der Waals surface area (Å²) in [6, 6.07) is -0.194. The second-order valence-corrected chi connectivity index (χ2v) is 2.35. The summed E-state index contributed by atoms with van der Waals surface area (Å²) < 4.78 is 4.70. The highest BCUT2D eigenvalue weighted by Gasteiger charge is 2.30. The van der Waals surface area contributed by atoms with Gasteiger partial charge in [-0.05, 0) is 0 Å². The summed E-state index contributed by atoms with van der Waals surface area (Å²) in [4.78, 5) is 12.3. The van der Waals surface area contributed by atoms with Crippen molar-refractivity contribution in [3.05, 3.63) is 12.7 Å². The van der Waals surface area contributed by atoms with E-state index in [1.54, 1.807) is 6.08 Å². The lowest BCUT2D eigenvalue weighted by Gasteiger charge is -2.16. The summed E-state index contributed by atoms with van der Waals surface area (Å²) in [5.41, 5.74) is 0. The smallest absolute Gasteiger partial charge is 0.410 e. The molecule has 0 spiro atoms. The third kappa shape index (κ3) is 1.51. The highest BCUT2D eigenvalue weighted by molar-refractivity contribution is 5.70. The SMILES string of the molecule is C=CCN1C(=O)OC[C@H]1CO. The molecular weight excluding hydrogens is 146 g/mol. The van der Waals surface area contributed by atoms with E-state index in [9.17, 15) is 4.79 Å².